The van der Waals surface area contributed by atoms with Gasteiger partial charge in [-0.3, -0.25) is 4.79 Å². The Balaban J connectivity index is 0.00000441. The summed E-state index contributed by atoms with van der Waals surface area (Å²) in [6, 6.07) is 10.6. The van der Waals surface area contributed by atoms with Gasteiger partial charge in [-0.2, -0.15) is 0 Å². The van der Waals surface area contributed by atoms with Crippen molar-refractivity contribution in [2.24, 2.45) is 5.73 Å². The number of rotatable bonds is 9. The first-order valence-corrected chi connectivity index (χ1v) is 8.20. The highest BCUT2D eigenvalue weighted by atomic mass is 35.5. The average Bonchev–Trinajstić information content (AvgIpc) is 2.50. The average molecular weight is 327 g/mol. The molecule has 0 saturated carbocycles. The second kappa shape index (κ2) is 11.5. The van der Waals surface area contributed by atoms with Gasteiger partial charge in [-0.15, -0.1) is 12.4 Å². The Labute approximate surface area is 141 Å². The minimum Gasteiger partial charge on any atom is -0.336 e. The van der Waals surface area contributed by atoms with E-state index in [1.165, 1.54) is 5.56 Å². The van der Waals surface area contributed by atoms with Crippen molar-refractivity contribution < 1.29 is 4.79 Å². The molecule has 0 aliphatic heterocycles. The molecule has 2 N–H and O–H groups in total. The molecule has 4 heteroatoms. The fraction of sp³-hybridized carbons (Fsp3) is 0.611. The lowest BCUT2D eigenvalue weighted by Gasteiger charge is -2.32. The van der Waals surface area contributed by atoms with Gasteiger partial charge in [0, 0.05) is 19.0 Å². The second-order valence-corrected chi connectivity index (χ2v) is 5.79. The van der Waals surface area contributed by atoms with E-state index in [0.29, 0.717) is 6.42 Å². The third-order valence-corrected chi connectivity index (χ3v) is 3.83. The summed E-state index contributed by atoms with van der Waals surface area (Å²) in [5.74, 6) is 0.233. The van der Waals surface area contributed by atoms with Crippen LogP contribution >= 0.6 is 12.4 Å². The Morgan fingerprint density at radius 3 is 2.36 bits per heavy atom. The second-order valence-electron chi connectivity index (χ2n) is 5.79. The predicted octanol–water partition coefficient (Wildman–Crippen LogP) is 4.32. The molecule has 2 atom stereocenters. The van der Waals surface area contributed by atoms with E-state index >= 15 is 0 Å². The molecule has 0 heterocycles. The van der Waals surface area contributed by atoms with Crippen molar-refractivity contribution in [3.63, 3.8) is 0 Å². The van der Waals surface area contributed by atoms with E-state index in [-0.39, 0.29) is 30.4 Å². The van der Waals surface area contributed by atoms with Crippen LogP contribution in [0.25, 0.3) is 0 Å². The molecule has 3 nitrogen and oxygen atoms in total. The van der Waals surface area contributed by atoms with Crippen molar-refractivity contribution >= 4 is 18.3 Å². The molecule has 0 aliphatic carbocycles. The fourth-order valence-corrected chi connectivity index (χ4v) is 2.59. The minimum absolute atomic E-state index is 0. The van der Waals surface area contributed by atoms with Crippen LogP contribution in [0.15, 0.2) is 30.3 Å². The highest BCUT2D eigenvalue weighted by Crippen LogP contribution is 2.25. The van der Waals surface area contributed by atoms with Gasteiger partial charge in [0.25, 0.3) is 0 Å². The van der Waals surface area contributed by atoms with Crippen molar-refractivity contribution in [3.05, 3.63) is 35.9 Å². The Morgan fingerprint density at radius 1 is 1.23 bits per heavy atom. The van der Waals surface area contributed by atoms with Gasteiger partial charge in [0.05, 0.1) is 6.04 Å². The number of nitrogens with two attached hydrogens (primary N) is 1. The molecular formula is C18H31ClN2O. The lowest BCUT2D eigenvalue weighted by atomic mass is 10.0. The van der Waals surface area contributed by atoms with Crippen molar-refractivity contribution in [2.75, 3.05) is 6.54 Å². The van der Waals surface area contributed by atoms with Gasteiger partial charge in [0.1, 0.15) is 0 Å². The normalized spacial score (nSPS) is 13.1. The van der Waals surface area contributed by atoms with Gasteiger partial charge < -0.3 is 10.6 Å². The van der Waals surface area contributed by atoms with Crippen LogP contribution < -0.4 is 5.73 Å². The fourth-order valence-electron chi connectivity index (χ4n) is 2.59. The molecule has 1 aromatic rings. The minimum atomic E-state index is 0. The molecule has 1 aromatic carbocycles. The SMILES string of the molecule is CCCCN(C(=O)CCC(C)N)C(CC)c1ccccc1.Cl. The van der Waals surface area contributed by atoms with Crippen molar-refractivity contribution in [3.8, 4) is 0 Å². The quantitative estimate of drug-likeness (QED) is 0.734. The molecular weight excluding hydrogens is 296 g/mol. The molecule has 0 saturated heterocycles. The summed E-state index contributed by atoms with van der Waals surface area (Å²) < 4.78 is 0. The summed E-state index contributed by atoms with van der Waals surface area (Å²) in [6.07, 6.45) is 4.39. The van der Waals surface area contributed by atoms with Gasteiger partial charge >= 0.3 is 0 Å². The number of hydrogen-bond donors (Lipinski definition) is 1. The maximum absolute atomic E-state index is 12.6. The van der Waals surface area contributed by atoms with E-state index in [0.717, 1.165) is 32.2 Å². The molecule has 0 radical (unpaired) electrons. The number of benzene rings is 1. The molecule has 2 unspecified atom stereocenters. The number of amides is 1. The van der Waals surface area contributed by atoms with E-state index in [4.69, 9.17) is 5.73 Å². The first-order valence-electron chi connectivity index (χ1n) is 8.20. The molecule has 0 aliphatic rings. The van der Waals surface area contributed by atoms with Crippen LogP contribution in [0.4, 0.5) is 0 Å². The number of nitrogens with zero attached hydrogens (tertiary/aromatic N) is 1. The summed E-state index contributed by atoms with van der Waals surface area (Å²) in [7, 11) is 0. The highest BCUT2D eigenvalue weighted by Gasteiger charge is 2.23. The molecule has 126 valence electrons. The van der Waals surface area contributed by atoms with E-state index < -0.39 is 0 Å². The van der Waals surface area contributed by atoms with E-state index in [9.17, 15) is 4.79 Å². The highest BCUT2D eigenvalue weighted by molar-refractivity contribution is 5.85. The van der Waals surface area contributed by atoms with Crippen molar-refractivity contribution in [1.29, 1.82) is 0 Å². The standard InChI is InChI=1S/C18H30N2O.ClH/c1-4-6-14-20(18(21)13-12-15(3)19)17(5-2)16-10-8-7-9-11-16;/h7-11,15,17H,4-6,12-14,19H2,1-3H3;1H. The zero-order chi connectivity index (χ0) is 15.7. The number of carbonyl (C=O) groups excluding carboxylic acids is 1. The molecule has 1 amide bonds. The smallest absolute Gasteiger partial charge is 0.223 e. The Hall–Kier alpha value is -1.06. The summed E-state index contributed by atoms with van der Waals surface area (Å²) in [5, 5.41) is 0. The van der Waals surface area contributed by atoms with Gasteiger partial charge in [-0.05, 0) is 31.7 Å². The molecule has 0 aromatic heterocycles. The van der Waals surface area contributed by atoms with Crippen LogP contribution in [0.5, 0.6) is 0 Å². The lowest BCUT2D eigenvalue weighted by Crippen LogP contribution is -2.36. The maximum Gasteiger partial charge on any atom is 0.223 e. The topological polar surface area (TPSA) is 46.3 Å². The number of carbonyl (C=O) groups is 1. The predicted molar refractivity (Wildman–Crippen MR) is 96.2 cm³/mol. The molecule has 1 rings (SSSR count). The monoisotopic (exact) mass is 326 g/mol. The molecule has 0 spiro atoms. The van der Waals surface area contributed by atoms with E-state index in [1.54, 1.807) is 0 Å². The van der Waals surface area contributed by atoms with Crippen LogP contribution in [0, 0.1) is 0 Å². The van der Waals surface area contributed by atoms with E-state index in [2.05, 4.69) is 30.9 Å². The zero-order valence-corrected chi connectivity index (χ0v) is 14.9. The van der Waals surface area contributed by atoms with Gasteiger partial charge in [-0.1, -0.05) is 50.6 Å². The zero-order valence-electron chi connectivity index (χ0n) is 14.1. The van der Waals surface area contributed by atoms with Crippen LogP contribution in [-0.4, -0.2) is 23.4 Å². The van der Waals surface area contributed by atoms with Gasteiger partial charge in [0.15, 0.2) is 0 Å². The Morgan fingerprint density at radius 2 is 1.86 bits per heavy atom. The summed E-state index contributed by atoms with van der Waals surface area (Å²) in [6.45, 7) is 7.10. The Bertz CT molecular complexity index is 409. The van der Waals surface area contributed by atoms with Crippen LogP contribution in [0.1, 0.15) is 64.5 Å². The third kappa shape index (κ3) is 6.80. The van der Waals surface area contributed by atoms with E-state index in [1.807, 2.05) is 25.1 Å². The van der Waals surface area contributed by atoms with Crippen molar-refractivity contribution in [2.45, 2.75) is 65.0 Å². The summed E-state index contributed by atoms with van der Waals surface area (Å²) in [5.41, 5.74) is 7.02. The molecule has 0 bridgehead atoms. The maximum atomic E-state index is 12.6. The van der Waals surface area contributed by atoms with Crippen LogP contribution in [-0.2, 0) is 4.79 Å². The third-order valence-electron chi connectivity index (χ3n) is 3.83. The largest absolute Gasteiger partial charge is 0.336 e. The number of unbranched alkanes of at least 4 members (excludes halogenated alkanes) is 1. The summed E-state index contributed by atoms with van der Waals surface area (Å²) in [4.78, 5) is 14.7. The number of halogens is 1. The molecule has 0 fully saturated rings. The lowest BCUT2D eigenvalue weighted by molar-refractivity contribution is -0.134. The first kappa shape index (κ1) is 20.9. The summed E-state index contributed by atoms with van der Waals surface area (Å²) >= 11 is 0. The first-order chi connectivity index (χ1) is 10.1. The van der Waals surface area contributed by atoms with Gasteiger partial charge in [0.2, 0.25) is 5.91 Å². The van der Waals surface area contributed by atoms with Gasteiger partial charge in [-0.25, -0.2) is 0 Å². The van der Waals surface area contributed by atoms with Crippen molar-refractivity contribution in [1.82, 2.24) is 4.90 Å². The van der Waals surface area contributed by atoms with Crippen LogP contribution in [0.2, 0.25) is 0 Å². The Kier molecular flexibility index (Phi) is 10.9. The van der Waals surface area contributed by atoms with Crippen LogP contribution in [0.3, 0.4) is 0 Å². The molecule has 22 heavy (non-hydrogen) atoms. The number of hydrogen-bond acceptors (Lipinski definition) is 2.